The molecule has 2 heteroatoms. The van der Waals surface area contributed by atoms with E-state index in [0.717, 1.165) is 36.1 Å². The first-order chi connectivity index (χ1) is 7.90. The van der Waals surface area contributed by atoms with E-state index in [4.69, 9.17) is 11.5 Å². The molecule has 0 heterocycles. The average Bonchev–Trinajstić information content (AvgIpc) is 2.21. The molecule has 0 bridgehead atoms. The molecule has 2 nitrogen and oxygen atoms in total. The fourth-order valence-corrected chi connectivity index (χ4v) is 1.95. The molecule has 0 unspecified atom stereocenters. The number of allylic oxidation sites excluding steroid dienone is 7. The van der Waals surface area contributed by atoms with Crippen LogP contribution in [0.25, 0.3) is 0 Å². The summed E-state index contributed by atoms with van der Waals surface area (Å²) in [5, 5.41) is 0. The van der Waals surface area contributed by atoms with Gasteiger partial charge in [-0.05, 0) is 62.0 Å². The summed E-state index contributed by atoms with van der Waals surface area (Å²) in [4.78, 5) is 0. The average molecular weight is 230 g/mol. The third-order valence-electron chi connectivity index (χ3n) is 3.06. The second-order valence-corrected chi connectivity index (χ2v) is 4.69. The summed E-state index contributed by atoms with van der Waals surface area (Å²) in [7, 11) is 0. The minimum Gasteiger partial charge on any atom is -0.402 e. The van der Waals surface area contributed by atoms with Crippen LogP contribution in [0.2, 0.25) is 0 Å². The fraction of sp³-hybridized carbons (Fsp3) is 0.333. The largest absolute Gasteiger partial charge is 0.402 e. The maximum Gasteiger partial charge on any atom is 0.0243 e. The lowest BCUT2D eigenvalue weighted by Gasteiger charge is -2.17. The van der Waals surface area contributed by atoms with Crippen molar-refractivity contribution in [3.8, 4) is 0 Å². The quantitative estimate of drug-likeness (QED) is 0.728. The molecule has 17 heavy (non-hydrogen) atoms. The van der Waals surface area contributed by atoms with Gasteiger partial charge in [0.25, 0.3) is 0 Å². The molecule has 0 aromatic carbocycles. The van der Waals surface area contributed by atoms with Gasteiger partial charge in [-0.1, -0.05) is 18.7 Å². The number of hydrogen-bond acceptors (Lipinski definition) is 2. The summed E-state index contributed by atoms with van der Waals surface area (Å²) in [6.07, 6.45) is 6.81. The lowest BCUT2D eigenvalue weighted by atomic mass is 9.90. The van der Waals surface area contributed by atoms with Crippen molar-refractivity contribution in [1.82, 2.24) is 0 Å². The van der Waals surface area contributed by atoms with E-state index in [-0.39, 0.29) is 0 Å². The van der Waals surface area contributed by atoms with Gasteiger partial charge < -0.3 is 11.5 Å². The van der Waals surface area contributed by atoms with Crippen LogP contribution in [-0.4, -0.2) is 0 Å². The Balaban J connectivity index is 2.77. The van der Waals surface area contributed by atoms with Crippen molar-refractivity contribution in [1.29, 1.82) is 0 Å². The highest BCUT2D eigenvalue weighted by molar-refractivity contribution is 5.39. The highest BCUT2D eigenvalue weighted by Gasteiger charge is 2.10. The first-order valence-electron chi connectivity index (χ1n) is 5.85. The Morgan fingerprint density at radius 3 is 2.59 bits per heavy atom. The Bertz CT molecular complexity index is 434. The van der Waals surface area contributed by atoms with Crippen molar-refractivity contribution in [3.63, 3.8) is 0 Å². The van der Waals surface area contributed by atoms with Crippen LogP contribution < -0.4 is 11.5 Å². The Morgan fingerprint density at radius 2 is 2.06 bits per heavy atom. The lowest BCUT2D eigenvalue weighted by molar-refractivity contribution is 0.840. The Labute approximate surface area is 104 Å². The van der Waals surface area contributed by atoms with E-state index in [0.29, 0.717) is 5.70 Å². The van der Waals surface area contributed by atoms with Gasteiger partial charge in [0.1, 0.15) is 0 Å². The predicted octanol–water partition coefficient (Wildman–Crippen LogP) is 3.30. The Hall–Kier alpha value is -1.70. The molecule has 0 atom stereocenters. The standard InChI is InChI=1S/C15H22N2/c1-10(7-13(4)16)11(2)8-14-5-6-15(17)9-12(14)3/h7,9H,2,4-6,8,16-17H2,1,3H3/b10-7-. The molecular formula is C15H22N2. The zero-order valence-electron chi connectivity index (χ0n) is 10.8. The third-order valence-corrected chi connectivity index (χ3v) is 3.06. The van der Waals surface area contributed by atoms with Crippen LogP contribution in [0.5, 0.6) is 0 Å². The van der Waals surface area contributed by atoms with Crippen LogP contribution in [-0.2, 0) is 0 Å². The fourth-order valence-electron chi connectivity index (χ4n) is 1.95. The highest BCUT2D eigenvalue weighted by atomic mass is 14.6. The normalized spacial score (nSPS) is 16.8. The van der Waals surface area contributed by atoms with Crippen molar-refractivity contribution >= 4 is 0 Å². The number of hydrogen-bond donors (Lipinski definition) is 2. The van der Waals surface area contributed by atoms with E-state index in [2.05, 4.69) is 26.2 Å². The minimum absolute atomic E-state index is 0.571. The first-order valence-corrected chi connectivity index (χ1v) is 5.85. The predicted molar refractivity (Wildman–Crippen MR) is 75.0 cm³/mol. The van der Waals surface area contributed by atoms with Gasteiger partial charge in [0, 0.05) is 11.4 Å². The molecule has 0 radical (unpaired) electrons. The monoisotopic (exact) mass is 230 g/mol. The van der Waals surface area contributed by atoms with E-state index in [1.54, 1.807) is 0 Å². The third kappa shape index (κ3) is 3.99. The summed E-state index contributed by atoms with van der Waals surface area (Å²) >= 11 is 0. The van der Waals surface area contributed by atoms with Gasteiger partial charge in [-0.15, -0.1) is 0 Å². The van der Waals surface area contributed by atoms with E-state index in [1.165, 1.54) is 11.1 Å². The summed E-state index contributed by atoms with van der Waals surface area (Å²) in [6.45, 7) is 11.9. The van der Waals surface area contributed by atoms with Crippen molar-refractivity contribution < 1.29 is 0 Å². The van der Waals surface area contributed by atoms with Crippen LogP contribution >= 0.6 is 0 Å². The van der Waals surface area contributed by atoms with Crippen molar-refractivity contribution in [3.05, 3.63) is 59.0 Å². The molecule has 1 aliphatic carbocycles. The summed E-state index contributed by atoms with van der Waals surface area (Å²) in [6, 6.07) is 0. The first kappa shape index (κ1) is 13.4. The van der Waals surface area contributed by atoms with Gasteiger partial charge in [-0.2, -0.15) is 0 Å². The molecular weight excluding hydrogens is 208 g/mol. The maximum absolute atomic E-state index is 5.81. The smallest absolute Gasteiger partial charge is 0.0243 e. The van der Waals surface area contributed by atoms with Crippen LogP contribution in [0, 0.1) is 0 Å². The lowest BCUT2D eigenvalue weighted by Crippen LogP contribution is -2.05. The van der Waals surface area contributed by atoms with Crippen LogP contribution in [0.1, 0.15) is 33.1 Å². The molecule has 0 amide bonds. The molecule has 92 valence electrons. The van der Waals surface area contributed by atoms with Gasteiger partial charge in [-0.25, -0.2) is 0 Å². The Morgan fingerprint density at radius 1 is 1.41 bits per heavy atom. The van der Waals surface area contributed by atoms with Crippen molar-refractivity contribution in [2.75, 3.05) is 0 Å². The molecule has 0 saturated carbocycles. The van der Waals surface area contributed by atoms with Crippen LogP contribution in [0.3, 0.4) is 0 Å². The van der Waals surface area contributed by atoms with E-state index < -0.39 is 0 Å². The zero-order chi connectivity index (χ0) is 13.0. The van der Waals surface area contributed by atoms with Gasteiger partial charge in [0.15, 0.2) is 0 Å². The summed E-state index contributed by atoms with van der Waals surface area (Å²) in [5.41, 5.74) is 17.8. The van der Waals surface area contributed by atoms with E-state index >= 15 is 0 Å². The molecule has 1 aliphatic rings. The Kier molecular flexibility index (Phi) is 4.38. The van der Waals surface area contributed by atoms with E-state index in [9.17, 15) is 0 Å². The van der Waals surface area contributed by atoms with Gasteiger partial charge in [0.05, 0.1) is 0 Å². The second kappa shape index (κ2) is 5.58. The van der Waals surface area contributed by atoms with Crippen LogP contribution in [0.15, 0.2) is 59.0 Å². The molecule has 0 aromatic rings. The zero-order valence-corrected chi connectivity index (χ0v) is 10.8. The van der Waals surface area contributed by atoms with Gasteiger partial charge >= 0.3 is 0 Å². The van der Waals surface area contributed by atoms with Crippen molar-refractivity contribution in [2.24, 2.45) is 11.5 Å². The molecule has 0 spiro atoms. The van der Waals surface area contributed by atoms with Crippen LogP contribution in [0.4, 0.5) is 0 Å². The maximum atomic E-state index is 5.81. The van der Waals surface area contributed by atoms with E-state index in [1.807, 2.05) is 13.0 Å². The van der Waals surface area contributed by atoms with Gasteiger partial charge in [-0.3, -0.25) is 0 Å². The molecule has 0 aromatic heterocycles. The molecule has 0 fully saturated rings. The number of rotatable bonds is 4. The summed E-state index contributed by atoms with van der Waals surface area (Å²) in [5.74, 6) is 0. The molecule has 4 N–H and O–H groups in total. The van der Waals surface area contributed by atoms with Crippen molar-refractivity contribution in [2.45, 2.75) is 33.1 Å². The topological polar surface area (TPSA) is 52.0 Å². The summed E-state index contributed by atoms with van der Waals surface area (Å²) < 4.78 is 0. The minimum atomic E-state index is 0.571. The molecule has 1 rings (SSSR count). The SMILES string of the molecule is C=C(N)/C=C(/C)C(=C)CC1=C(C)C=C(N)CC1. The molecule has 0 aliphatic heterocycles. The number of nitrogens with two attached hydrogens (primary N) is 2. The van der Waals surface area contributed by atoms with Gasteiger partial charge in [0.2, 0.25) is 0 Å². The second-order valence-electron chi connectivity index (χ2n) is 4.69. The highest BCUT2D eigenvalue weighted by Crippen LogP contribution is 2.28. The molecule has 0 saturated heterocycles.